The van der Waals surface area contributed by atoms with E-state index in [0.717, 1.165) is 0 Å². The molecular formula is C9H13NO4. The number of carbonyl (C=O) groups excluding carboxylic acids is 1. The number of rotatable bonds is 6. The molecule has 14 heavy (non-hydrogen) atoms. The van der Waals surface area contributed by atoms with Gasteiger partial charge in [-0.05, 0) is 6.92 Å². The second kappa shape index (κ2) is 6.92. The van der Waals surface area contributed by atoms with E-state index in [1.54, 1.807) is 6.92 Å². The first-order valence-corrected chi connectivity index (χ1v) is 4.15. The van der Waals surface area contributed by atoms with E-state index in [9.17, 15) is 9.59 Å². The maximum atomic E-state index is 11.0. The van der Waals surface area contributed by atoms with Gasteiger partial charge in [0.05, 0.1) is 0 Å². The number of carboxylic acid groups (broad SMARTS) is 1. The fourth-order valence-electron chi connectivity index (χ4n) is 0.749. The molecule has 0 bridgehead atoms. The highest BCUT2D eigenvalue weighted by atomic mass is 16.5. The van der Waals surface area contributed by atoms with E-state index in [2.05, 4.69) is 11.2 Å². The Kier molecular flexibility index (Phi) is 6.16. The summed E-state index contributed by atoms with van der Waals surface area (Å²) in [7, 11) is 0. The van der Waals surface area contributed by atoms with E-state index in [-0.39, 0.29) is 13.0 Å². The van der Waals surface area contributed by atoms with Crippen LogP contribution in [0.3, 0.4) is 0 Å². The Hall–Kier alpha value is -1.54. The van der Waals surface area contributed by atoms with Crippen molar-refractivity contribution >= 4 is 11.9 Å². The van der Waals surface area contributed by atoms with Crippen molar-refractivity contribution in [3.05, 3.63) is 0 Å². The molecule has 0 heterocycles. The average Bonchev–Trinajstić information content (AvgIpc) is 2.14. The zero-order chi connectivity index (χ0) is 11.0. The number of hydrogen-bond donors (Lipinski definition) is 2. The number of amides is 1. The van der Waals surface area contributed by atoms with Crippen LogP contribution in [0.25, 0.3) is 0 Å². The minimum absolute atomic E-state index is 0.0345. The first-order valence-electron chi connectivity index (χ1n) is 4.15. The van der Waals surface area contributed by atoms with Gasteiger partial charge in [0.2, 0.25) is 5.91 Å². The average molecular weight is 199 g/mol. The largest absolute Gasteiger partial charge is 0.480 e. The smallest absolute Gasteiger partial charge is 0.327 e. The fourth-order valence-corrected chi connectivity index (χ4v) is 0.749. The number of hydrogen-bond acceptors (Lipinski definition) is 3. The predicted octanol–water partition coefficient (Wildman–Crippen LogP) is -0.384. The van der Waals surface area contributed by atoms with Crippen LogP contribution in [0.2, 0.25) is 0 Å². The highest BCUT2D eigenvalue weighted by molar-refractivity contribution is 5.84. The molecule has 0 saturated carbocycles. The first kappa shape index (κ1) is 12.5. The van der Waals surface area contributed by atoms with Crippen LogP contribution in [-0.4, -0.2) is 36.2 Å². The molecule has 0 aromatic carbocycles. The molecule has 0 aliphatic carbocycles. The van der Waals surface area contributed by atoms with Crippen LogP contribution in [0.5, 0.6) is 0 Å². The van der Waals surface area contributed by atoms with Gasteiger partial charge in [-0.15, -0.1) is 12.3 Å². The normalized spacial score (nSPS) is 11.4. The van der Waals surface area contributed by atoms with Gasteiger partial charge in [-0.3, -0.25) is 4.79 Å². The monoisotopic (exact) mass is 199 g/mol. The van der Waals surface area contributed by atoms with Crippen LogP contribution in [0.1, 0.15) is 13.3 Å². The van der Waals surface area contributed by atoms with Gasteiger partial charge in [0.1, 0.15) is 12.6 Å². The topological polar surface area (TPSA) is 75.6 Å². The van der Waals surface area contributed by atoms with E-state index in [0.29, 0.717) is 6.61 Å². The minimum Gasteiger partial charge on any atom is -0.480 e. The first-order chi connectivity index (χ1) is 6.61. The molecule has 0 spiro atoms. The summed E-state index contributed by atoms with van der Waals surface area (Å²) in [6.07, 6.45) is 4.91. The SMILES string of the molecule is C#CC[C@@H](NC(=O)COCC)C(=O)O. The van der Waals surface area contributed by atoms with Gasteiger partial charge in [-0.2, -0.15) is 0 Å². The third kappa shape index (κ3) is 5.17. The summed E-state index contributed by atoms with van der Waals surface area (Å²) in [5, 5.41) is 10.9. The standard InChI is InChI=1S/C9H13NO4/c1-3-5-7(9(12)13)10-8(11)6-14-4-2/h1,7H,4-6H2,2H3,(H,10,11)(H,12,13)/t7-/m1/s1. The Morgan fingerprint density at radius 1 is 1.64 bits per heavy atom. The Labute approximate surface area is 82.4 Å². The van der Waals surface area contributed by atoms with Crippen molar-refractivity contribution in [1.29, 1.82) is 0 Å². The van der Waals surface area contributed by atoms with Crippen molar-refractivity contribution < 1.29 is 19.4 Å². The fraction of sp³-hybridized carbons (Fsp3) is 0.556. The molecule has 2 N–H and O–H groups in total. The molecule has 1 atom stereocenters. The minimum atomic E-state index is -1.15. The van der Waals surface area contributed by atoms with Gasteiger partial charge in [0.25, 0.3) is 0 Å². The quantitative estimate of drug-likeness (QED) is 0.571. The highest BCUT2D eigenvalue weighted by Crippen LogP contribution is 1.90. The van der Waals surface area contributed by atoms with Gasteiger partial charge in [-0.25, -0.2) is 4.79 Å². The van der Waals surface area contributed by atoms with Crippen LogP contribution in [0.4, 0.5) is 0 Å². The van der Waals surface area contributed by atoms with Crippen molar-refractivity contribution in [2.75, 3.05) is 13.2 Å². The summed E-state index contributed by atoms with van der Waals surface area (Å²) in [5.41, 5.74) is 0. The van der Waals surface area contributed by atoms with E-state index in [1.165, 1.54) is 0 Å². The maximum absolute atomic E-state index is 11.0. The van der Waals surface area contributed by atoms with Gasteiger partial charge < -0.3 is 15.2 Å². The summed E-state index contributed by atoms with van der Waals surface area (Å²) in [6, 6.07) is -1.03. The lowest BCUT2D eigenvalue weighted by Crippen LogP contribution is -2.42. The number of carboxylic acids is 1. The Morgan fingerprint density at radius 2 is 2.29 bits per heavy atom. The van der Waals surface area contributed by atoms with Crippen molar-refractivity contribution in [3.63, 3.8) is 0 Å². The summed E-state index contributed by atoms with van der Waals surface area (Å²) in [4.78, 5) is 21.6. The Bertz CT molecular complexity index is 244. The molecule has 0 aromatic rings. The van der Waals surface area contributed by atoms with E-state index >= 15 is 0 Å². The molecule has 0 radical (unpaired) electrons. The van der Waals surface area contributed by atoms with Crippen LogP contribution in [0, 0.1) is 12.3 Å². The van der Waals surface area contributed by atoms with Crippen molar-refractivity contribution in [1.82, 2.24) is 5.32 Å². The molecule has 0 fully saturated rings. The molecular weight excluding hydrogens is 186 g/mol. The molecule has 5 heteroatoms. The maximum Gasteiger partial charge on any atom is 0.327 e. The van der Waals surface area contributed by atoms with Crippen LogP contribution < -0.4 is 5.32 Å². The molecule has 1 amide bonds. The number of carbonyl (C=O) groups is 2. The van der Waals surface area contributed by atoms with E-state index in [4.69, 9.17) is 16.3 Å². The van der Waals surface area contributed by atoms with Crippen molar-refractivity contribution in [2.24, 2.45) is 0 Å². The molecule has 0 aliphatic heterocycles. The van der Waals surface area contributed by atoms with Gasteiger partial charge in [0.15, 0.2) is 0 Å². The molecule has 0 unspecified atom stereocenters. The van der Waals surface area contributed by atoms with Gasteiger partial charge in [0, 0.05) is 13.0 Å². The Morgan fingerprint density at radius 3 is 2.71 bits per heavy atom. The second-order valence-electron chi connectivity index (χ2n) is 2.50. The third-order valence-electron chi connectivity index (χ3n) is 1.39. The predicted molar refractivity (Wildman–Crippen MR) is 49.5 cm³/mol. The molecule has 5 nitrogen and oxygen atoms in total. The highest BCUT2D eigenvalue weighted by Gasteiger charge is 2.18. The van der Waals surface area contributed by atoms with E-state index in [1.807, 2.05) is 0 Å². The molecule has 0 aliphatic rings. The summed E-state index contributed by atoms with van der Waals surface area (Å²) in [6.45, 7) is 1.99. The molecule has 0 rings (SSSR count). The number of ether oxygens (including phenoxy) is 1. The second-order valence-corrected chi connectivity index (χ2v) is 2.50. The lowest BCUT2D eigenvalue weighted by atomic mass is 10.2. The van der Waals surface area contributed by atoms with Gasteiger partial charge >= 0.3 is 5.97 Å². The van der Waals surface area contributed by atoms with Crippen LogP contribution in [-0.2, 0) is 14.3 Å². The van der Waals surface area contributed by atoms with Crippen molar-refractivity contribution in [3.8, 4) is 12.3 Å². The van der Waals surface area contributed by atoms with Crippen LogP contribution in [0.15, 0.2) is 0 Å². The van der Waals surface area contributed by atoms with Crippen LogP contribution >= 0.6 is 0 Å². The molecule has 0 saturated heterocycles. The number of aliphatic carboxylic acids is 1. The van der Waals surface area contributed by atoms with Crippen molar-refractivity contribution in [2.45, 2.75) is 19.4 Å². The summed E-state index contributed by atoms with van der Waals surface area (Å²) >= 11 is 0. The van der Waals surface area contributed by atoms with E-state index < -0.39 is 17.9 Å². The zero-order valence-electron chi connectivity index (χ0n) is 7.95. The third-order valence-corrected chi connectivity index (χ3v) is 1.39. The zero-order valence-corrected chi connectivity index (χ0v) is 7.95. The van der Waals surface area contributed by atoms with Gasteiger partial charge in [-0.1, -0.05) is 0 Å². The Balaban J connectivity index is 3.97. The molecule has 0 aromatic heterocycles. The number of nitrogens with one attached hydrogen (secondary N) is 1. The lowest BCUT2D eigenvalue weighted by molar-refractivity contribution is -0.142. The molecule has 78 valence electrons. The lowest BCUT2D eigenvalue weighted by Gasteiger charge is -2.11. The number of terminal acetylenes is 1. The summed E-state index contributed by atoms with van der Waals surface area (Å²) < 4.78 is 4.80. The summed E-state index contributed by atoms with van der Waals surface area (Å²) in [5.74, 6) is 0.551.